The summed E-state index contributed by atoms with van der Waals surface area (Å²) in [5.74, 6) is -1.22. The minimum Gasteiger partial charge on any atom is -0.498 e. The summed E-state index contributed by atoms with van der Waals surface area (Å²) in [6.07, 6.45) is 0. The van der Waals surface area contributed by atoms with Crippen LogP contribution in [-0.4, -0.2) is 22.1 Å². The van der Waals surface area contributed by atoms with Gasteiger partial charge >= 0.3 is 11.9 Å². The molecular formula is C11H10O5S. The maximum atomic E-state index is 10.9. The zero-order valence-electron chi connectivity index (χ0n) is 9.22. The topological polar surface area (TPSA) is 72.8 Å². The molecule has 0 aliphatic rings. The van der Waals surface area contributed by atoms with Crippen LogP contribution >= 0.6 is 12.2 Å². The van der Waals surface area contributed by atoms with Crippen molar-refractivity contribution in [3.05, 3.63) is 23.8 Å². The third-order valence-corrected chi connectivity index (χ3v) is 1.93. The van der Waals surface area contributed by atoms with Crippen LogP contribution in [0, 0.1) is 0 Å². The zero-order chi connectivity index (χ0) is 13.0. The lowest BCUT2D eigenvalue weighted by Crippen LogP contribution is -2.10. The molecule has 5 nitrogen and oxygen atoms in total. The predicted molar refractivity (Wildman–Crippen MR) is 63.4 cm³/mol. The van der Waals surface area contributed by atoms with Crippen LogP contribution in [0.15, 0.2) is 18.2 Å². The van der Waals surface area contributed by atoms with Gasteiger partial charge in [-0.1, -0.05) is 6.07 Å². The number of carbonyl (C=O) groups excluding carboxylic acids is 2. The molecule has 6 heteroatoms. The Hall–Kier alpha value is -1.95. The van der Waals surface area contributed by atoms with Gasteiger partial charge in [0, 0.05) is 13.8 Å². The van der Waals surface area contributed by atoms with Crippen molar-refractivity contribution < 1.29 is 24.2 Å². The second-order valence-electron chi connectivity index (χ2n) is 3.13. The van der Waals surface area contributed by atoms with Gasteiger partial charge in [0.1, 0.15) is 0 Å². The van der Waals surface area contributed by atoms with Crippen LogP contribution in [0.25, 0.3) is 0 Å². The molecule has 0 atom stereocenters. The molecule has 1 aromatic carbocycles. The number of aliphatic hydroxyl groups excluding tert-OH is 1. The summed E-state index contributed by atoms with van der Waals surface area (Å²) in [5, 5.41) is 8.83. The lowest BCUT2D eigenvalue weighted by molar-refractivity contribution is -0.134. The van der Waals surface area contributed by atoms with E-state index in [4.69, 9.17) is 9.47 Å². The number of para-hydroxylation sites is 1. The lowest BCUT2D eigenvalue weighted by Gasteiger charge is -2.11. The van der Waals surface area contributed by atoms with Gasteiger partial charge in [0.25, 0.3) is 0 Å². The fourth-order valence-electron chi connectivity index (χ4n) is 1.17. The highest BCUT2D eigenvalue weighted by molar-refractivity contribution is 7.80. The molecule has 0 unspecified atom stereocenters. The Morgan fingerprint density at radius 3 is 2.24 bits per heavy atom. The van der Waals surface area contributed by atoms with Crippen LogP contribution < -0.4 is 9.47 Å². The number of esters is 2. The summed E-state index contributed by atoms with van der Waals surface area (Å²) in [5.41, 5.74) is 0.119. The van der Waals surface area contributed by atoms with Gasteiger partial charge in [-0.15, -0.1) is 0 Å². The first-order chi connectivity index (χ1) is 7.91. The van der Waals surface area contributed by atoms with E-state index < -0.39 is 17.0 Å². The quantitative estimate of drug-likeness (QED) is 0.503. The Kier molecular flexibility index (Phi) is 4.17. The highest BCUT2D eigenvalue weighted by Gasteiger charge is 2.17. The fraction of sp³-hybridized carbons (Fsp3) is 0.182. The van der Waals surface area contributed by atoms with Crippen molar-refractivity contribution in [3.8, 4) is 11.5 Å². The molecule has 0 bridgehead atoms. The van der Waals surface area contributed by atoms with E-state index in [1.807, 2.05) is 0 Å². The van der Waals surface area contributed by atoms with Crippen molar-refractivity contribution in [2.45, 2.75) is 13.8 Å². The highest BCUT2D eigenvalue weighted by Crippen LogP contribution is 2.31. The number of aliphatic hydroxyl groups is 1. The molecule has 0 fully saturated rings. The smallest absolute Gasteiger partial charge is 0.308 e. The van der Waals surface area contributed by atoms with Crippen molar-refractivity contribution in [1.82, 2.24) is 0 Å². The highest BCUT2D eigenvalue weighted by atomic mass is 32.1. The summed E-state index contributed by atoms with van der Waals surface area (Å²) in [6.45, 7) is 2.40. The second-order valence-corrected chi connectivity index (χ2v) is 3.51. The Bertz CT molecular complexity index is 481. The van der Waals surface area contributed by atoms with Crippen molar-refractivity contribution in [1.29, 1.82) is 0 Å². The molecular weight excluding hydrogens is 244 g/mol. The van der Waals surface area contributed by atoms with Crippen molar-refractivity contribution in [2.24, 2.45) is 0 Å². The molecule has 0 aliphatic carbocycles. The first-order valence-corrected chi connectivity index (χ1v) is 5.05. The average molecular weight is 254 g/mol. The Labute approximate surface area is 103 Å². The summed E-state index contributed by atoms with van der Waals surface area (Å²) in [6, 6.07) is 4.40. The molecule has 0 aromatic heterocycles. The van der Waals surface area contributed by atoms with Crippen LogP contribution in [0.4, 0.5) is 0 Å². The van der Waals surface area contributed by atoms with Crippen LogP contribution in [0.3, 0.4) is 0 Å². The van der Waals surface area contributed by atoms with E-state index in [-0.39, 0.29) is 17.1 Å². The molecule has 0 saturated carbocycles. The van der Waals surface area contributed by atoms with Gasteiger partial charge in [-0.05, 0) is 24.4 Å². The van der Waals surface area contributed by atoms with Crippen LogP contribution in [0.1, 0.15) is 19.4 Å². The van der Waals surface area contributed by atoms with Crippen molar-refractivity contribution in [2.75, 3.05) is 0 Å². The molecule has 0 saturated heterocycles. The first-order valence-electron chi connectivity index (χ1n) is 4.65. The lowest BCUT2D eigenvalue weighted by atomic mass is 10.2. The van der Waals surface area contributed by atoms with E-state index >= 15 is 0 Å². The van der Waals surface area contributed by atoms with Gasteiger partial charge in [0.2, 0.25) is 0 Å². The standard InChI is InChI=1S/C11H10O5S/c1-6(12)15-9-5-3-4-8(11(14)17)10(9)16-7(2)13/h3-5H,1-2H3,(H,14,17). The largest absolute Gasteiger partial charge is 0.498 e. The normalized spacial score (nSPS) is 9.53. The van der Waals surface area contributed by atoms with Gasteiger partial charge < -0.3 is 14.6 Å². The Morgan fingerprint density at radius 1 is 1.18 bits per heavy atom. The van der Waals surface area contributed by atoms with E-state index in [9.17, 15) is 14.7 Å². The molecule has 0 amide bonds. The average Bonchev–Trinajstić information content (AvgIpc) is 2.18. The van der Waals surface area contributed by atoms with E-state index in [2.05, 4.69) is 12.2 Å². The fourth-order valence-corrected chi connectivity index (χ4v) is 1.33. The van der Waals surface area contributed by atoms with Crippen molar-refractivity contribution in [3.63, 3.8) is 0 Å². The molecule has 0 spiro atoms. The second kappa shape index (κ2) is 5.40. The number of carbonyl (C=O) groups is 2. The van der Waals surface area contributed by atoms with E-state index in [0.717, 1.165) is 0 Å². The Morgan fingerprint density at radius 2 is 1.76 bits per heavy atom. The summed E-state index contributed by atoms with van der Waals surface area (Å²) in [7, 11) is 0. The predicted octanol–water partition coefficient (Wildman–Crippen LogP) is 1.77. The SMILES string of the molecule is CC(=O)Oc1cccc(C(O)=S)c1OC(C)=O. The summed E-state index contributed by atoms with van der Waals surface area (Å²) < 4.78 is 9.73. The van der Waals surface area contributed by atoms with Gasteiger partial charge in [0.15, 0.2) is 16.5 Å². The minimum atomic E-state index is -0.609. The molecule has 1 rings (SSSR count). The monoisotopic (exact) mass is 254 g/mol. The first kappa shape index (κ1) is 13.1. The molecule has 0 radical (unpaired) electrons. The molecule has 1 N–H and O–H groups in total. The molecule has 17 heavy (non-hydrogen) atoms. The number of hydrogen-bond acceptors (Lipinski definition) is 5. The van der Waals surface area contributed by atoms with E-state index in [1.54, 1.807) is 0 Å². The summed E-state index contributed by atoms with van der Waals surface area (Å²) in [4.78, 5) is 21.8. The third-order valence-electron chi connectivity index (χ3n) is 1.71. The summed E-state index contributed by atoms with van der Waals surface area (Å²) >= 11 is 4.60. The van der Waals surface area contributed by atoms with Crippen LogP contribution in [0.2, 0.25) is 0 Å². The maximum Gasteiger partial charge on any atom is 0.308 e. The molecule has 0 aliphatic heterocycles. The number of rotatable bonds is 3. The third kappa shape index (κ3) is 3.53. The molecule has 0 heterocycles. The number of benzene rings is 1. The van der Waals surface area contributed by atoms with Crippen LogP contribution in [0.5, 0.6) is 11.5 Å². The molecule has 1 aromatic rings. The van der Waals surface area contributed by atoms with Gasteiger partial charge in [-0.25, -0.2) is 0 Å². The maximum absolute atomic E-state index is 10.9. The molecule has 90 valence electrons. The van der Waals surface area contributed by atoms with Gasteiger partial charge in [-0.2, -0.15) is 0 Å². The minimum absolute atomic E-state index is 0.0293. The van der Waals surface area contributed by atoms with E-state index in [1.165, 1.54) is 32.0 Å². The van der Waals surface area contributed by atoms with Gasteiger partial charge in [-0.3, -0.25) is 9.59 Å². The van der Waals surface area contributed by atoms with Crippen molar-refractivity contribution >= 4 is 29.2 Å². The van der Waals surface area contributed by atoms with Crippen LogP contribution in [-0.2, 0) is 9.59 Å². The van der Waals surface area contributed by atoms with E-state index in [0.29, 0.717) is 0 Å². The van der Waals surface area contributed by atoms with Gasteiger partial charge in [0.05, 0.1) is 5.56 Å². The number of ether oxygens (including phenoxy) is 2. The Balaban J connectivity index is 3.28. The number of thiocarbonyl (C=S) groups is 1. The number of hydrogen-bond donors (Lipinski definition) is 1. The zero-order valence-corrected chi connectivity index (χ0v) is 10.0.